The molecule has 1 radical (unpaired) electrons. The minimum absolute atomic E-state index is 1.09. The SMILES string of the molecule is CCc1cccc(C2=C(C)[N]C=C2)c1CC. The fourth-order valence-corrected chi connectivity index (χ4v) is 2.33. The lowest BCUT2D eigenvalue weighted by Gasteiger charge is -2.13. The normalized spacial score (nSPS) is 14.4. The molecule has 83 valence electrons. The van der Waals surface area contributed by atoms with Gasteiger partial charge in [-0.2, -0.15) is 0 Å². The van der Waals surface area contributed by atoms with Gasteiger partial charge in [-0.25, -0.2) is 0 Å². The van der Waals surface area contributed by atoms with Gasteiger partial charge in [0.15, 0.2) is 0 Å². The van der Waals surface area contributed by atoms with E-state index in [1.807, 2.05) is 6.20 Å². The second-order valence-electron chi connectivity index (χ2n) is 4.09. The van der Waals surface area contributed by atoms with Gasteiger partial charge in [-0.15, -0.1) is 0 Å². The molecule has 0 fully saturated rings. The van der Waals surface area contributed by atoms with E-state index in [4.69, 9.17) is 0 Å². The lowest BCUT2D eigenvalue weighted by atomic mass is 9.92. The molecular formula is C15H18N. The molecule has 1 aliphatic heterocycles. The number of allylic oxidation sites excluding steroid dienone is 3. The molecular weight excluding hydrogens is 194 g/mol. The van der Waals surface area contributed by atoms with Crippen LogP contribution < -0.4 is 5.32 Å². The van der Waals surface area contributed by atoms with Crippen LogP contribution in [0.2, 0.25) is 0 Å². The monoisotopic (exact) mass is 212 g/mol. The molecule has 0 N–H and O–H groups in total. The van der Waals surface area contributed by atoms with Gasteiger partial charge < -0.3 is 0 Å². The second kappa shape index (κ2) is 4.56. The van der Waals surface area contributed by atoms with Crippen molar-refractivity contribution < 1.29 is 0 Å². The molecule has 1 nitrogen and oxygen atoms in total. The fraction of sp³-hybridized carbons (Fsp3) is 0.333. The van der Waals surface area contributed by atoms with Crippen molar-refractivity contribution in [3.63, 3.8) is 0 Å². The highest BCUT2D eigenvalue weighted by Crippen LogP contribution is 2.28. The second-order valence-corrected chi connectivity index (χ2v) is 4.09. The Morgan fingerprint density at radius 2 is 1.94 bits per heavy atom. The Morgan fingerprint density at radius 3 is 2.50 bits per heavy atom. The molecule has 0 saturated carbocycles. The highest BCUT2D eigenvalue weighted by molar-refractivity contribution is 5.80. The summed E-state index contributed by atoms with van der Waals surface area (Å²) in [5.74, 6) is 0. The Labute approximate surface area is 97.9 Å². The predicted molar refractivity (Wildman–Crippen MR) is 69.1 cm³/mol. The summed E-state index contributed by atoms with van der Waals surface area (Å²) < 4.78 is 0. The highest BCUT2D eigenvalue weighted by Gasteiger charge is 2.13. The average molecular weight is 212 g/mol. The predicted octanol–water partition coefficient (Wildman–Crippen LogP) is 3.67. The van der Waals surface area contributed by atoms with Gasteiger partial charge in [-0.3, -0.25) is 5.32 Å². The van der Waals surface area contributed by atoms with E-state index in [-0.39, 0.29) is 0 Å². The summed E-state index contributed by atoms with van der Waals surface area (Å²) >= 11 is 0. The summed E-state index contributed by atoms with van der Waals surface area (Å²) in [6.45, 7) is 6.52. The fourth-order valence-electron chi connectivity index (χ4n) is 2.33. The van der Waals surface area contributed by atoms with Gasteiger partial charge in [0.2, 0.25) is 0 Å². The third-order valence-corrected chi connectivity index (χ3v) is 3.20. The van der Waals surface area contributed by atoms with Gasteiger partial charge in [0.25, 0.3) is 0 Å². The van der Waals surface area contributed by atoms with E-state index in [0.717, 1.165) is 18.5 Å². The summed E-state index contributed by atoms with van der Waals surface area (Å²) in [5, 5.41) is 4.32. The van der Waals surface area contributed by atoms with Crippen LogP contribution in [0.25, 0.3) is 5.57 Å². The number of hydrogen-bond donors (Lipinski definition) is 0. The van der Waals surface area contributed by atoms with Crippen LogP contribution in [0.1, 0.15) is 37.5 Å². The van der Waals surface area contributed by atoms with Gasteiger partial charge in [0.05, 0.1) is 0 Å². The summed E-state index contributed by atoms with van der Waals surface area (Å²) in [7, 11) is 0. The third-order valence-electron chi connectivity index (χ3n) is 3.20. The van der Waals surface area contributed by atoms with Crippen LogP contribution in [0.3, 0.4) is 0 Å². The smallest absolute Gasteiger partial charge is 0.0451 e. The summed E-state index contributed by atoms with van der Waals surface area (Å²) in [4.78, 5) is 0. The van der Waals surface area contributed by atoms with E-state index in [1.54, 1.807) is 0 Å². The summed E-state index contributed by atoms with van der Waals surface area (Å²) in [5.41, 5.74) is 6.70. The average Bonchev–Trinajstić information content (AvgIpc) is 2.74. The summed E-state index contributed by atoms with van der Waals surface area (Å²) in [6.07, 6.45) is 6.19. The molecule has 1 heterocycles. The largest absolute Gasteiger partial charge is 0.261 e. The van der Waals surface area contributed by atoms with Crippen molar-refractivity contribution in [2.24, 2.45) is 0 Å². The first-order valence-corrected chi connectivity index (χ1v) is 5.97. The summed E-state index contributed by atoms with van der Waals surface area (Å²) in [6, 6.07) is 6.59. The van der Waals surface area contributed by atoms with Gasteiger partial charge >= 0.3 is 0 Å². The zero-order valence-corrected chi connectivity index (χ0v) is 10.2. The van der Waals surface area contributed by atoms with Crippen molar-refractivity contribution in [2.75, 3.05) is 0 Å². The molecule has 16 heavy (non-hydrogen) atoms. The first-order valence-electron chi connectivity index (χ1n) is 5.97. The molecule has 1 heteroatoms. The molecule has 0 amide bonds. The quantitative estimate of drug-likeness (QED) is 0.725. The first kappa shape index (κ1) is 11.0. The van der Waals surface area contributed by atoms with E-state index in [0.29, 0.717) is 0 Å². The van der Waals surface area contributed by atoms with Crippen LogP contribution in [-0.4, -0.2) is 0 Å². The van der Waals surface area contributed by atoms with Gasteiger partial charge in [0, 0.05) is 17.5 Å². The van der Waals surface area contributed by atoms with Crippen molar-refractivity contribution in [1.82, 2.24) is 5.32 Å². The topological polar surface area (TPSA) is 14.1 Å². The van der Waals surface area contributed by atoms with Crippen LogP contribution in [0.15, 0.2) is 36.2 Å². The number of aryl methyl sites for hydroxylation is 1. The van der Waals surface area contributed by atoms with E-state index in [2.05, 4.69) is 50.4 Å². The Kier molecular flexibility index (Phi) is 3.14. The molecule has 1 aliphatic rings. The Morgan fingerprint density at radius 1 is 1.12 bits per heavy atom. The van der Waals surface area contributed by atoms with Crippen LogP contribution in [-0.2, 0) is 12.8 Å². The van der Waals surface area contributed by atoms with Crippen molar-refractivity contribution in [3.8, 4) is 0 Å². The maximum absolute atomic E-state index is 4.32. The molecule has 0 saturated heterocycles. The highest BCUT2D eigenvalue weighted by atomic mass is 14.9. The third kappa shape index (κ3) is 1.78. The lowest BCUT2D eigenvalue weighted by Crippen LogP contribution is -1.98. The van der Waals surface area contributed by atoms with Gasteiger partial charge in [-0.05, 0) is 42.5 Å². The Balaban J connectivity index is 2.56. The molecule has 0 aliphatic carbocycles. The minimum atomic E-state index is 1.09. The van der Waals surface area contributed by atoms with Crippen molar-refractivity contribution in [1.29, 1.82) is 0 Å². The van der Waals surface area contributed by atoms with E-state index < -0.39 is 0 Å². The molecule has 0 atom stereocenters. The number of nitrogens with zero attached hydrogens (tertiary/aromatic N) is 1. The molecule has 0 aromatic heterocycles. The number of benzene rings is 1. The lowest BCUT2D eigenvalue weighted by molar-refractivity contribution is 1.03. The van der Waals surface area contributed by atoms with Crippen molar-refractivity contribution in [3.05, 3.63) is 52.9 Å². The zero-order chi connectivity index (χ0) is 11.5. The molecule has 0 unspecified atom stereocenters. The van der Waals surface area contributed by atoms with E-state index in [9.17, 15) is 0 Å². The maximum atomic E-state index is 4.32. The molecule has 1 aromatic carbocycles. The van der Waals surface area contributed by atoms with Gasteiger partial charge in [0.1, 0.15) is 0 Å². The van der Waals surface area contributed by atoms with Crippen molar-refractivity contribution in [2.45, 2.75) is 33.6 Å². The standard InChI is InChI=1S/C15H18N/c1-4-12-7-6-8-15(13(12)5-2)14-9-10-16-11(14)3/h6-10H,4-5H2,1-3H3. The van der Waals surface area contributed by atoms with Crippen LogP contribution in [0.4, 0.5) is 0 Å². The molecule has 0 spiro atoms. The Hall–Kier alpha value is -1.50. The first-order chi connectivity index (χ1) is 7.77. The van der Waals surface area contributed by atoms with Crippen LogP contribution in [0.5, 0.6) is 0 Å². The van der Waals surface area contributed by atoms with E-state index >= 15 is 0 Å². The number of hydrogen-bond acceptors (Lipinski definition) is 0. The minimum Gasteiger partial charge on any atom is -0.261 e. The van der Waals surface area contributed by atoms with Crippen LogP contribution in [0, 0.1) is 0 Å². The number of rotatable bonds is 3. The van der Waals surface area contributed by atoms with Gasteiger partial charge in [-0.1, -0.05) is 32.0 Å². The van der Waals surface area contributed by atoms with Crippen molar-refractivity contribution >= 4 is 5.57 Å². The Bertz CT molecular complexity index is 453. The zero-order valence-electron chi connectivity index (χ0n) is 10.2. The molecule has 1 aromatic rings. The van der Waals surface area contributed by atoms with Crippen LogP contribution >= 0.6 is 0 Å². The maximum Gasteiger partial charge on any atom is 0.0451 e. The molecule has 0 bridgehead atoms. The van der Waals surface area contributed by atoms with E-state index in [1.165, 1.54) is 22.3 Å². The molecule has 2 rings (SSSR count).